The molecule has 0 saturated heterocycles. The van der Waals surface area contributed by atoms with Crippen LogP contribution in [0.3, 0.4) is 0 Å². The molecule has 1 unspecified atom stereocenters. The first-order chi connectivity index (χ1) is 5.25. The van der Waals surface area contributed by atoms with Gasteiger partial charge in [-0.2, -0.15) is 0 Å². The molecular weight excluding hydrogens is 134 g/mol. The number of aromatic nitrogens is 1. The van der Waals surface area contributed by atoms with Crippen molar-refractivity contribution in [2.75, 3.05) is 0 Å². The standard InChI is InChI=1S/C10H11N/c1-4-8(2)10-7-11-6-5-9(10)3/h1,5-8H,2-3H3. The van der Waals surface area contributed by atoms with Gasteiger partial charge in [0.1, 0.15) is 0 Å². The molecule has 1 rings (SSSR count). The Morgan fingerprint density at radius 3 is 2.91 bits per heavy atom. The molecule has 1 aromatic rings. The average molecular weight is 145 g/mol. The number of rotatable bonds is 1. The zero-order valence-corrected chi connectivity index (χ0v) is 6.83. The van der Waals surface area contributed by atoms with Crippen molar-refractivity contribution in [2.45, 2.75) is 19.8 Å². The van der Waals surface area contributed by atoms with Gasteiger partial charge in [-0.05, 0) is 31.0 Å². The maximum Gasteiger partial charge on any atom is 0.0439 e. The summed E-state index contributed by atoms with van der Waals surface area (Å²) in [5, 5.41) is 0. The Balaban J connectivity index is 3.05. The van der Waals surface area contributed by atoms with Crippen molar-refractivity contribution < 1.29 is 0 Å². The zero-order valence-electron chi connectivity index (χ0n) is 6.83. The van der Waals surface area contributed by atoms with Gasteiger partial charge in [0, 0.05) is 18.3 Å². The molecule has 1 atom stereocenters. The quantitative estimate of drug-likeness (QED) is 0.552. The largest absolute Gasteiger partial charge is 0.264 e. The lowest BCUT2D eigenvalue weighted by molar-refractivity contribution is 0.969. The molecule has 0 fully saturated rings. The molecule has 0 bridgehead atoms. The van der Waals surface area contributed by atoms with Crippen LogP contribution >= 0.6 is 0 Å². The molecule has 0 aliphatic carbocycles. The van der Waals surface area contributed by atoms with E-state index in [2.05, 4.69) is 10.9 Å². The minimum absolute atomic E-state index is 0.170. The van der Waals surface area contributed by atoms with E-state index < -0.39 is 0 Å². The van der Waals surface area contributed by atoms with Crippen molar-refractivity contribution in [3.05, 3.63) is 29.6 Å². The van der Waals surface area contributed by atoms with E-state index in [0.717, 1.165) is 5.56 Å². The van der Waals surface area contributed by atoms with Gasteiger partial charge in [-0.15, -0.1) is 6.42 Å². The van der Waals surface area contributed by atoms with Crippen molar-refractivity contribution in [3.8, 4) is 12.3 Å². The number of pyridine rings is 1. The lowest BCUT2D eigenvalue weighted by atomic mass is 10.00. The highest BCUT2D eigenvalue weighted by Crippen LogP contribution is 2.16. The van der Waals surface area contributed by atoms with Crippen LogP contribution in [0, 0.1) is 19.3 Å². The van der Waals surface area contributed by atoms with Crippen LogP contribution in [0.2, 0.25) is 0 Å². The number of terminal acetylenes is 1. The molecule has 0 spiro atoms. The highest BCUT2D eigenvalue weighted by atomic mass is 14.6. The molecule has 0 radical (unpaired) electrons. The van der Waals surface area contributed by atoms with Crippen LogP contribution in [0.4, 0.5) is 0 Å². The fourth-order valence-electron chi connectivity index (χ4n) is 1.02. The van der Waals surface area contributed by atoms with Gasteiger partial charge < -0.3 is 0 Å². The van der Waals surface area contributed by atoms with E-state index in [1.807, 2.05) is 26.1 Å². The highest BCUT2D eigenvalue weighted by Gasteiger charge is 2.03. The third kappa shape index (κ3) is 1.59. The van der Waals surface area contributed by atoms with Gasteiger partial charge in [0.2, 0.25) is 0 Å². The van der Waals surface area contributed by atoms with E-state index in [0.29, 0.717) is 0 Å². The molecule has 0 aromatic carbocycles. The first-order valence-corrected chi connectivity index (χ1v) is 3.62. The monoisotopic (exact) mass is 145 g/mol. The smallest absolute Gasteiger partial charge is 0.0439 e. The summed E-state index contributed by atoms with van der Waals surface area (Å²) in [6.07, 6.45) is 8.91. The summed E-state index contributed by atoms with van der Waals surface area (Å²) in [5.74, 6) is 2.85. The molecule has 56 valence electrons. The van der Waals surface area contributed by atoms with E-state index in [9.17, 15) is 0 Å². The molecule has 0 aliphatic rings. The SMILES string of the molecule is C#CC(C)c1cnccc1C. The topological polar surface area (TPSA) is 12.9 Å². The van der Waals surface area contributed by atoms with Crippen LogP contribution in [-0.2, 0) is 0 Å². The van der Waals surface area contributed by atoms with Gasteiger partial charge in [0.15, 0.2) is 0 Å². The van der Waals surface area contributed by atoms with Gasteiger partial charge in [-0.25, -0.2) is 0 Å². The normalized spacial score (nSPS) is 12.1. The Labute approximate surface area is 67.5 Å². The van der Waals surface area contributed by atoms with Crippen molar-refractivity contribution in [3.63, 3.8) is 0 Å². The summed E-state index contributed by atoms with van der Waals surface area (Å²) in [5.41, 5.74) is 2.36. The Kier molecular flexibility index (Phi) is 2.28. The molecule has 0 amide bonds. The molecule has 1 heteroatoms. The van der Waals surface area contributed by atoms with E-state index in [1.165, 1.54) is 5.56 Å². The Hall–Kier alpha value is -1.29. The third-order valence-corrected chi connectivity index (χ3v) is 1.80. The Bertz CT molecular complexity index is 283. The molecule has 0 N–H and O–H groups in total. The lowest BCUT2D eigenvalue weighted by Gasteiger charge is -2.06. The summed E-state index contributed by atoms with van der Waals surface area (Å²) in [7, 11) is 0. The minimum Gasteiger partial charge on any atom is -0.264 e. The van der Waals surface area contributed by atoms with Gasteiger partial charge in [0.05, 0.1) is 0 Å². The van der Waals surface area contributed by atoms with Crippen molar-refractivity contribution in [1.29, 1.82) is 0 Å². The van der Waals surface area contributed by atoms with Crippen LogP contribution in [0.1, 0.15) is 24.0 Å². The van der Waals surface area contributed by atoms with Crippen LogP contribution < -0.4 is 0 Å². The summed E-state index contributed by atoms with van der Waals surface area (Å²) >= 11 is 0. The van der Waals surface area contributed by atoms with Crippen molar-refractivity contribution in [1.82, 2.24) is 4.98 Å². The van der Waals surface area contributed by atoms with E-state index >= 15 is 0 Å². The molecule has 1 heterocycles. The van der Waals surface area contributed by atoms with E-state index in [1.54, 1.807) is 6.20 Å². The van der Waals surface area contributed by atoms with Gasteiger partial charge >= 0.3 is 0 Å². The fraction of sp³-hybridized carbons (Fsp3) is 0.300. The summed E-state index contributed by atoms with van der Waals surface area (Å²) in [6, 6.07) is 1.98. The third-order valence-electron chi connectivity index (χ3n) is 1.80. The molecule has 11 heavy (non-hydrogen) atoms. The number of nitrogens with zero attached hydrogens (tertiary/aromatic N) is 1. The van der Waals surface area contributed by atoms with E-state index in [4.69, 9.17) is 6.42 Å². The predicted molar refractivity (Wildman–Crippen MR) is 46.2 cm³/mol. The average Bonchev–Trinajstić information content (AvgIpc) is 2.04. The highest BCUT2D eigenvalue weighted by molar-refractivity contribution is 5.29. The van der Waals surface area contributed by atoms with Crippen LogP contribution in [0.15, 0.2) is 18.5 Å². The van der Waals surface area contributed by atoms with Crippen LogP contribution in [0.25, 0.3) is 0 Å². The molecule has 0 saturated carbocycles. The number of aryl methyl sites for hydroxylation is 1. The van der Waals surface area contributed by atoms with Crippen molar-refractivity contribution in [2.24, 2.45) is 0 Å². The summed E-state index contributed by atoms with van der Waals surface area (Å²) in [4.78, 5) is 4.02. The molecule has 1 aromatic heterocycles. The maximum absolute atomic E-state index is 5.30. The second kappa shape index (κ2) is 3.21. The first kappa shape index (κ1) is 7.81. The zero-order chi connectivity index (χ0) is 8.27. The summed E-state index contributed by atoms with van der Waals surface area (Å²) in [6.45, 7) is 4.05. The van der Waals surface area contributed by atoms with Gasteiger partial charge in [-0.3, -0.25) is 4.98 Å². The van der Waals surface area contributed by atoms with Gasteiger partial charge in [-0.1, -0.05) is 5.92 Å². The fourth-order valence-corrected chi connectivity index (χ4v) is 1.02. The Morgan fingerprint density at radius 1 is 1.64 bits per heavy atom. The van der Waals surface area contributed by atoms with E-state index in [-0.39, 0.29) is 5.92 Å². The predicted octanol–water partition coefficient (Wildman–Crippen LogP) is 2.13. The Morgan fingerprint density at radius 2 is 2.36 bits per heavy atom. The second-order valence-electron chi connectivity index (χ2n) is 2.62. The second-order valence-corrected chi connectivity index (χ2v) is 2.62. The summed E-state index contributed by atoms with van der Waals surface area (Å²) < 4.78 is 0. The first-order valence-electron chi connectivity index (χ1n) is 3.62. The lowest BCUT2D eigenvalue weighted by Crippen LogP contribution is -1.93. The van der Waals surface area contributed by atoms with Crippen molar-refractivity contribution >= 4 is 0 Å². The van der Waals surface area contributed by atoms with Gasteiger partial charge in [0.25, 0.3) is 0 Å². The molecule has 0 aliphatic heterocycles. The molecule has 1 nitrogen and oxygen atoms in total. The molecular formula is C10H11N. The number of hydrogen-bond acceptors (Lipinski definition) is 1. The van der Waals surface area contributed by atoms with Crippen LogP contribution in [0.5, 0.6) is 0 Å². The maximum atomic E-state index is 5.30. The number of hydrogen-bond donors (Lipinski definition) is 0. The van der Waals surface area contributed by atoms with Crippen LogP contribution in [-0.4, -0.2) is 4.98 Å². The minimum atomic E-state index is 0.170.